The zero-order chi connectivity index (χ0) is 8.74. The van der Waals surface area contributed by atoms with Gasteiger partial charge in [0.1, 0.15) is 0 Å². The third-order valence-corrected chi connectivity index (χ3v) is 1.95. The Balaban J connectivity index is 3.77. The van der Waals surface area contributed by atoms with Crippen molar-refractivity contribution in [2.45, 2.75) is 13.3 Å². The Morgan fingerprint density at radius 2 is 2.27 bits per heavy atom. The maximum Gasteiger partial charge on any atom is 0.0470 e. The molecule has 2 nitrogen and oxygen atoms in total. The molecule has 0 saturated heterocycles. The lowest BCUT2D eigenvalue weighted by Crippen LogP contribution is -2.28. The molecular formula is C9H19NO. The lowest BCUT2D eigenvalue weighted by Gasteiger charge is -2.24. The SMILES string of the molecule is C=CC(C)(CCOC)CNC. The molecule has 0 fully saturated rings. The molecule has 2 heteroatoms. The molecule has 0 aliphatic rings. The smallest absolute Gasteiger partial charge is 0.0470 e. The van der Waals surface area contributed by atoms with E-state index in [-0.39, 0.29) is 5.41 Å². The third kappa shape index (κ3) is 4.17. The summed E-state index contributed by atoms with van der Waals surface area (Å²) in [7, 11) is 3.68. The Morgan fingerprint density at radius 1 is 1.64 bits per heavy atom. The van der Waals surface area contributed by atoms with E-state index >= 15 is 0 Å². The minimum Gasteiger partial charge on any atom is -0.385 e. The topological polar surface area (TPSA) is 21.3 Å². The van der Waals surface area contributed by atoms with Gasteiger partial charge in [-0.05, 0) is 18.9 Å². The molecule has 66 valence electrons. The van der Waals surface area contributed by atoms with Crippen LogP contribution in [0.3, 0.4) is 0 Å². The van der Waals surface area contributed by atoms with Gasteiger partial charge in [0.05, 0.1) is 0 Å². The Bertz CT molecular complexity index is 114. The van der Waals surface area contributed by atoms with Gasteiger partial charge in [0.25, 0.3) is 0 Å². The van der Waals surface area contributed by atoms with Gasteiger partial charge in [-0.25, -0.2) is 0 Å². The number of nitrogens with one attached hydrogen (secondary N) is 1. The molecule has 0 aromatic rings. The molecule has 0 aliphatic carbocycles. The second kappa shape index (κ2) is 5.33. The zero-order valence-electron chi connectivity index (χ0n) is 7.81. The van der Waals surface area contributed by atoms with E-state index in [1.54, 1.807) is 7.11 Å². The summed E-state index contributed by atoms with van der Waals surface area (Å²) in [6.07, 6.45) is 3.01. The predicted octanol–water partition coefficient (Wildman–Crippen LogP) is 1.43. The van der Waals surface area contributed by atoms with E-state index in [4.69, 9.17) is 4.74 Å². The number of hydrogen-bond acceptors (Lipinski definition) is 2. The first kappa shape index (κ1) is 10.7. The number of ether oxygens (including phenoxy) is 1. The molecule has 0 aromatic carbocycles. The quantitative estimate of drug-likeness (QED) is 0.589. The summed E-state index contributed by atoms with van der Waals surface area (Å²) in [5, 5.41) is 3.14. The van der Waals surface area contributed by atoms with E-state index in [0.29, 0.717) is 0 Å². The van der Waals surface area contributed by atoms with Crippen molar-refractivity contribution in [3.8, 4) is 0 Å². The maximum absolute atomic E-state index is 5.01. The largest absolute Gasteiger partial charge is 0.385 e. The van der Waals surface area contributed by atoms with Gasteiger partial charge in [0.15, 0.2) is 0 Å². The highest BCUT2D eigenvalue weighted by Crippen LogP contribution is 2.20. The van der Waals surface area contributed by atoms with E-state index in [1.165, 1.54) is 0 Å². The summed E-state index contributed by atoms with van der Waals surface area (Å²) < 4.78 is 5.01. The van der Waals surface area contributed by atoms with Crippen molar-refractivity contribution < 1.29 is 4.74 Å². The minimum absolute atomic E-state index is 0.171. The van der Waals surface area contributed by atoms with Crippen LogP contribution in [-0.2, 0) is 4.74 Å². The van der Waals surface area contributed by atoms with Gasteiger partial charge in [-0.15, -0.1) is 6.58 Å². The van der Waals surface area contributed by atoms with Crippen molar-refractivity contribution in [3.63, 3.8) is 0 Å². The molecule has 0 bridgehead atoms. The van der Waals surface area contributed by atoms with E-state index in [1.807, 2.05) is 13.1 Å². The van der Waals surface area contributed by atoms with Crippen LogP contribution in [0.25, 0.3) is 0 Å². The molecular weight excluding hydrogens is 138 g/mol. The maximum atomic E-state index is 5.01. The molecule has 0 saturated carbocycles. The van der Waals surface area contributed by atoms with E-state index in [2.05, 4.69) is 18.8 Å². The normalized spacial score (nSPS) is 15.9. The lowest BCUT2D eigenvalue weighted by atomic mass is 9.87. The first-order chi connectivity index (χ1) is 5.18. The van der Waals surface area contributed by atoms with Crippen LogP contribution < -0.4 is 5.32 Å². The molecule has 0 aromatic heterocycles. The Kier molecular flexibility index (Phi) is 5.16. The van der Waals surface area contributed by atoms with Crippen LogP contribution in [0, 0.1) is 5.41 Å². The fourth-order valence-corrected chi connectivity index (χ4v) is 1.00. The zero-order valence-corrected chi connectivity index (χ0v) is 7.81. The number of rotatable bonds is 6. The molecule has 1 unspecified atom stereocenters. The van der Waals surface area contributed by atoms with Crippen LogP contribution in [0.4, 0.5) is 0 Å². The molecule has 0 radical (unpaired) electrons. The van der Waals surface area contributed by atoms with Crippen LogP contribution in [0.1, 0.15) is 13.3 Å². The van der Waals surface area contributed by atoms with E-state index < -0.39 is 0 Å². The van der Waals surface area contributed by atoms with Gasteiger partial charge in [-0.1, -0.05) is 13.0 Å². The van der Waals surface area contributed by atoms with E-state index in [9.17, 15) is 0 Å². The lowest BCUT2D eigenvalue weighted by molar-refractivity contribution is 0.162. The van der Waals surface area contributed by atoms with Gasteiger partial charge in [0, 0.05) is 20.3 Å². The first-order valence-corrected chi connectivity index (χ1v) is 3.95. The predicted molar refractivity (Wildman–Crippen MR) is 48.7 cm³/mol. The minimum atomic E-state index is 0.171. The van der Waals surface area contributed by atoms with Crippen LogP contribution in [0.5, 0.6) is 0 Å². The number of methoxy groups -OCH3 is 1. The van der Waals surface area contributed by atoms with Crippen molar-refractivity contribution in [3.05, 3.63) is 12.7 Å². The first-order valence-electron chi connectivity index (χ1n) is 3.95. The van der Waals surface area contributed by atoms with Crippen LogP contribution in [0.2, 0.25) is 0 Å². The van der Waals surface area contributed by atoms with Gasteiger partial charge in [-0.3, -0.25) is 0 Å². The molecule has 0 amide bonds. The summed E-state index contributed by atoms with van der Waals surface area (Å²) in [5.74, 6) is 0. The van der Waals surface area contributed by atoms with Crippen molar-refractivity contribution >= 4 is 0 Å². The second-order valence-electron chi connectivity index (χ2n) is 3.13. The van der Waals surface area contributed by atoms with Gasteiger partial charge >= 0.3 is 0 Å². The van der Waals surface area contributed by atoms with Gasteiger partial charge in [0.2, 0.25) is 0 Å². The van der Waals surface area contributed by atoms with Gasteiger partial charge < -0.3 is 10.1 Å². The van der Waals surface area contributed by atoms with Crippen LogP contribution in [-0.4, -0.2) is 27.3 Å². The molecule has 1 N–H and O–H groups in total. The molecule has 1 atom stereocenters. The summed E-state index contributed by atoms with van der Waals surface area (Å²) in [5.41, 5.74) is 0.171. The highest BCUT2D eigenvalue weighted by molar-refractivity contribution is 4.92. The molecule has 11 heavy (non-hydrogen) atoms. The van der Waals surface area contributed by atoms with E-state index in [0.717, 1.165) is 19.6 Å². The van der Waals surface area contributed by atoms with Crippen molar-refractivity contribution in [2.75, 3.05) is 27.3 Å². The van der Waals surface area contributed by atoms with Crippen LogP contribution >= 0.6 is 0 Å². The van der Waals surface area contributed by atoms with Crippen molar-refractivity contribution in [2.24, 2.45) is 5.41 Å². The Morgan fingerprint density at radius 3 is 2.64 bits per heavy atom. The summed E-state index contributed by atoms with van der Waals surface area (Å²) in [6, 6.07) is 0. The van der Waals surface area contributed by atoms with Crippen molar-refractivity contribution in [1.29, 1.82) is 0 Å². The summed E-state index contributed by atoms with van der Waals surface area (Å²) >= 11 is 0. The van der Waals surface area contributed by atoms with Crippen LogP contribution in [0.15, 0.2) is 12.7 Å². The average Bonchev–Trinajstić information content (AvgIpc) is 2.02. The summed E-state index contributed by atoms with van der Waals surface area (Å²) in [4.78, 5) is 0. The second-order valence-corrected chi connectivity index (χ2v) is 3.13. The highest BCUT2D eigenvalue weighted by atomic mass is 16.5. The molecule has 0 aliphatic heterocycles. The van der Waals surface area contributed by atoms with Crippen molar-refractivity contribution in [1.82, 2.24) is 5.32 Å². The summed E-state index contributed by atoms with van der Waals surface area (Å²) in [6.45, 7) is 7.74. The number of hydrogen-bond donors (Lipinski definition) is 1. The van der Waals surface area contributed by atoms with Gasteiger partial charge in [-0.2, -0.15) is 0 Å². The Labute approximate surface area is 69.6 Å². The average molecular weight is 157 g/mol. The fraction of sp³-hybridized carbons (Fsp3) is 0.778. The standard InChI is InChI=1S/C9H19NO/c1-5-9(2,8-10-3)6-7-11-4/h5,10H,1,6-8H2,2-4H3. The molecule has 0 heterocycles. The molecule has 0 rings (SSSR count). The monoisotopic (exact) mass is 157 g/mol. The fourth-order valence-electron chi connectivity index (χ4n) is 1.00. The third-order valence-electron chi connectivity index (χ3n) is 1.95. The molecule has 0 spiro atoms. The highest BCUT2D eigenvalue weighted by Gasteiger charge is 2.17. The Hall–Kier alpha value is -0.340.